The Morgan fingerprint density at radius 2 is 1.87 bits per heavy atom. The zero-order chi connectivity index (χ0) is 11.6. The first-order chi connectivity index (χ1) is 6.91. The SMILES string of the molecule is CC(C)CC(N)c1cc(F)c(Cl)cc1F. The van der Waals surface area contributed by atoms with Crippen molar-refractivity contribution >= 4 is 11.6 Å². The molecule has 1 aromatic carbocycles. The van der Waals surface area contributed by atoms with Crippen LogP contribution >= 0.6 is 11.6 Å². The van der Waals surface area contributed by atoms with Gasteiger partial charge in [-0.15, -0.1) is 0 Å². The number of benzene rings is 1. The molecule has 0 fully saturated rings. The average molecular weight is 234 g/mol. The quantitative estimate of drug-likeness (QED) is 0.793. The summed E-state index contributed by atoms with van der Waals surface area (Å²) in [5, 5.41) is -0.215. The van der Waals surface area contributed by atoms with E-state index < -0.39 is 17.7 Å². The highest BCUT2D eigenvalue weighted by molar-refractivity contribution is 6.30. The standard InChI is InChI=1S/C11H14ClF2N/c1-6(2)3-11(15)7-4-10(14)8(12)5-9(7)13/h4-6,11H,3,15H2,1-2H3. The zero-order valence-corrected chi connectivity index (χ0v) is 9.48. The maximum atomic E-state index is 13.4. The molecular weight excluding hydrogens is 220 g/mol. The molecule has 0 saturated carbocycles. The molecule has 0 heterocycles. The molecule has 0 saturated heterocycles. The van der Waals surface area contributed by atoms with Crippen molar-refractivity contribution in [2.24, 2.45) is 11.7 Å². The van der Waals surface area contributed by atoms with Crippen molar-refractivity contribution in [2.75, 3.05) is 0 Å². The molecule has 4 heteroatoms. The number of rotatable bonds is 3. The van der Waals surface area contributed by atoms with E-state index in [0.29, 0.717) is 12.3 Å². The van der Waals surface area contributed by atoms with E-state index in [4.69, 9.17) is 17.3 Å². The Morgan fingerprint density at radius 1 is 1.27 bits per heavy atom. The lowest BCUT2D eigenvalue weighted by atomic mass is 9.97. The van der Waals surface area contributed by atoms with E-state index in [2.05, 4.69) is 0 Å². The van der Waals surface area contributed by atoms with Gasteiger partial charge in [-0.25, -0.2) is 8.78 Å². The summed E-state index contributed by atoms with van der Waals surface area (Å²) in [6, 6.07) is 1.55. The summed E-state index contributed by atoms with van der Waals surface area (Å²) in [4.78, 5) is 0. The summed E-state index contributed by atoms with van der Waals surface area (Å²) in [6.45, 7) is 3.95. The molecule has 0 aromatic heterocycles. The van der Waals surface area contributed by atoms with Crippen LogP contribution in [0.5, 0.6) is 0 Å². The second kappa shape index (κ2) is 4.90. The molecule has 1 rings (SSSR count). The topological polar surface area (TPSA) is 26.0 Å². The van der Waals surface area contributed by atoms with Crippen molar-refractivity contribution in [3.05, 3.63) is 34.4 Å². The first kappa shape index (κ1) is 12.4. The van der Waals surface area contributed by atoms with Gasteiger partial charge in [0.25, 0.3) is 0 Å². The Kier molecular flexibility index (Phi) is 4.05. The van der Waals surface area contributed by atoms with E-state index in [-0.39, 0.29) is 10.6 Å². The van der Waals surface area contributed by atoms with Crippen LogP contribution in [-0.4, -0.2) is 0 Å². The fourth-order valence-electron chi connectivity index (χ4n) is 1.46. The Bertz CT molecular complexity index is 353. The van der Waals surface area contributed by atoms with Gasteiger partial charge in [-0.3, -0.25) is 0 Å². The van der Waals surface area contributed by atoms with Gasteiger partial charge in [-0.05, 0) is 24.5 Å². The molecule has 1 aromatic rings. The highest BCUT2D eigenvalue weighted by atomic mass is 35.5. The molecule has 0 aliphatic rings. The second-order valence-electron chi connectivity index (χ2n) is 4.02. The number of hydrogen-bond donors (Lipinski definition) is 1. The zero-order valence-electron chi connectivity index (χ0n) is 8.73. The normalized spacial score (nSPS) is 13.3. The Morgan fingerprint density at radius 3 is 2.40 bits per heavy atom. The van der Waals surface area contributed by atoms with Gasteiger partial charge in [-0.1, -0.05) is 25.4 Å². The minimum Gasteiger partial charge on any atom is -0.324 e. The minimum atomic E-state index is -0.632. The number of hydrogen-bond acceptors (Lipinski definition) is 1. The summed E-state index contributed by atoms with van der Waals surface area (Å²) in [5.41, 5.74) is 5.95. The van der Waals surface area contributed by atoms with Crippen molar-refractivity contribution in [1.82, 2.24) is 0 Å². The highest BCUT2D eigenvalue weighted by Crippen LogP contribution is 2.26. The van der Waals surface area contributed by atoms with E-state index in [1.807, 2.05) is 13.8 Å². The van der Waals surface area contributed by atoms with Crippen LogP contribution in [0.2, 0.25) is 5.02 Å². The molecule has 0 bridgehead atoms. The molecule has 0 amide bonds. The Balaban J connectivity index is 2.98. The lowest BCUT2D eigenvalue weighted by Gasteiger charge is -2.15. The van der Waals surface area contributed by atoms with E-state index in [1.165, 1.54) is 0 Å². The minimum absolute atomic E-state index is 0.186. The van der Waals surface area contributed by atoms with Crippen molar-refractivity contribution in [3.63, 3.8) is 0 Å². The predicted octanol–water partition coefficient (Wildman–Crippen LogP) is 3.66. The largest absolute Gasteiger partial charge is 0.324 e. The Hall–Kier alpha value is -0.670. The van der Waals surface area contributed by atoms with Crippen LogP contribution in [-0.2, 0) is 0 Å². The van der Waals surface area contributed by atoms with Crippen molar-refractivity contribution in [2.45, 2.75) is 26.3 Å². The molecule has 1 nitrogen and oxygen atoms in total. The van der Waals surface area contributed by atoms with Crippen molar-refractivity contribution in [1.29, 1.82) is 0 Å². The van der Waals surface area contributed by atoms with Crippen molar-refractivity contribution < 1.29 is 8.78 Å². The first-order valence-electron chi connectivity index (χ1n) is 4.81. The fraction of sp³-hybridized carbons (Fsp3) is 0.455. The van der Waals surface area contributed by atoms with Gasteiger partial charge in [0.05, 0.1) is 5.02 Å². The molecular formula is C11H14ClF2N. The maximum Gasteiger partial charge on any atom is 0.142 e. The van der Waals surface area contributed by atoms with Gasteiger partial charge in [0.15, 0.2) is 0 Å². The highest BCUT2D eigenvalue weighted by Gasteiger charge is 2.15. The maximum absolute atomic E-state index is 13.4. The molecule has 2 N–H and O–H groups in total. The van der Waals surface area contributed by atoms with E-state index in [0.717, 1.165) is 12.1 Å². The van der Waals surface area contributed by atoms with E-state index in [9.17, 15) is 8.78 Å². The molecule has 15 heavy (non-hydrogen) atoms. The van der Waals surface area contributed by atoms with Crippen LogP contribution in [0.4, 0.5) is 8.78 Å². The molecule has 1 atom stereocenters. The van der Waals surface area contributed by atoms with Crippen LogP contribution < -0.4 is 5.73 Å². The molecule has 1 unspecified atom stereocenters. The fourth-order valence-corrected chi connectivity index (χ4v) is 1.61. The first-order valence-corrected chi connectivity index (χ1v) is 5.19. The number of nitrogens with two attached hydrogens (primary N) is 1. The van der Waals surface area contributed by atoms with Gasteiger partial charge >= 0.3 is 0 Å². The van der Waals surface area contributed by atoms with Gasteiger partial charge in [0.2, 0.25) is 0 Å². The number of halogens is 3. The summed E-state index contributed by atoms with van der Waals surface area (Å²) in [5.74, 6) is -0.847. The van der Waals surface area contributed by atoms with Gasteiger partial charge in [-0.2, -0.15) is 0 Å². The third kappa shape index (κ3) is 3.14. The van der Waals surface area contributed by atoms with Gasteiger partial charge in [0, 0.05) is 11.6 Å². The summed E-state index contributed by atoms with van der Waals surface area (Å²) < 4.78 is 26.5. The molecule has 0 radical (unpaired) electrons. The van der Waals surface area contributed by atoms with Crippen LogP contribution in [0.1, 0.15) is 31.9 Å². The third-order valence-electron chi connectivity index (χ3n) is 2.16. The third-order valence-corrected chi connectivity index (χ3v) is 2.45. The monoisotopic (exact) mass is 233 g/mol. The van der Waals surface area contributed by atoms with E-state index in [1.54, 1.807) is 0 Å². The summed E-state index contributed by atoms with van der Waals surface area (Å²) in [6.07, 6.45) is 0.609. The molecule has 84 valence electrons. The lowest BCUT2D eigenvalue weighted by Crippen LogP contribution is -2.15. The van der Waals surface area contributed by atoms with Crippen LogP contribution in [0.15, 0.2) is 12.1 Å². The molecule has 0 spiro atoms. The molecule has 0 aliphatic carbocycles. The summed E-state index contributed by atoms with van der Waals surface area (Å²) in [7, 11) is 0. The van der Waals surface area contributed by atoms with Crippen LogP contribution in [0.25, 0.3) is 0 Å². The van der Waals surface area contributed by atoms with Gasteiger partial charge < -0.3 is 5.73 Å². The van der Waals surface area contributed by atoms with Crippen molar-refractivity contribution in [3.8, 4) is 0 Å². The van der Waals surface area contributed by atoms with E-state index >= 15 is 0 Å². The smallest absolute Gasteiger partial charge is 0.142 e. The summed E-state index contributed by atoms with van der Waals surface area (Å²) >= 11 is 5.44. The van der Waals surface area contributed by atoms with Gasteiger partial charge in [0.1, 0.15) is 11.6 Å². The van der Waals surface area contributed by atoms with Crippen LogP contribution in [0.3, 0.4) is 0 Å². The second-order valence-corrected chi connectivity index (χ2v) is 4.43. The predicted molar refractivity (Wildman–Crippen MR) is 57.8 cm³/mol. The lowest BCUT2D eigenvalue weighted by molar-refractivity contribution is 0.484. The average Bonchev–Trinajstić information content (AvgIpc) is 2.09. The molecule has 0 aliphatic heterocycles. The Labute approximate surface area is 93.2 Å². The van der Waals surface area contributed by atoms with Crippen LogP contribution in [0, 0.1) is 17.6 Å².